The van der Waals surface area contributed by atoms with Gasteiger partial charge in [0.05, 0.1) is 12.2 Å². The van der Waals surface area contributed by atoms with Crippen LogP contribution in [-0.2, 0) is 6.54 Å². The molecule has 0 aliphatic carbocycles. The summed E-state index contributed by atoms with van der Waals surface area (Å²) in [5, 5.41) is 19.1. The SMILES string of the molecule is OC1CN(Cc2ccc(Cl)cc2F)CC1O. The first-order valence-corrected chi connectivity index (χ1v) is 5.46. The maximum Gasteiger partial charge on any atom is 0.129 e. The van der Waals surface area contributed by atoms with Gasteiger partial charge in [-0.15, -0.1) is 0 Å². The minimum Gasteiger partial charge on any atom is -0.389 e. The summed E-state index contributed by atoms with van der Waals surface area (Å²) >= 11 is 5.65. The van der Waals surface area contributed by atoms with Gasteiger partial charge in [0, 0.05) is 30.2 Å². The van der Waals surface area contributed by atoms with Crippen LogP contribution in [0, 0.1) is 5.82 Å². The van der Waals surface area contributed by atoms with Crippen LogP contribution in [-0.4, -0.2) is 40.4 Å². The Hall–Kier alpha value is -0.680. The average molecular weight is 246 g/mol. The number of aliphatic hydroxyl groups is 2. The molecule has 2 atom stereocenters. The molecule has 2 rings (SSSR count). The minimum absolute atomic E-state index is 0.358. The predicted molar refractivity (Wildman–Crippen MR) is 58.7 cm³/mol. The first-order chi connectivity index (χ1) is 7.56. The fourth-order valence-corrected chi connectivity index (χ4v) is 2.03. The van der Waals surface area contributed by atoms with E-state index in [0.717, 1.165) is 0 Å². The van der Waals surface area contributed by atoms with Crippen LogP contribution in [0.4, 0.5) is 4.39 Å². The maximum absolute atomic E-state index is 13.5. The summed E-state index contributed by atoms with van der Waals surface area (Å²) in [5.74, 6) is -0.358. The number of nitrogens with zero attached hydrogens (tertiary/aromatic N) is 1. The molecule has 16 heavy (non-hydrogen) atoms. The van der Waals surface area contributed by atoms with Crippen LogP contribution < -0.4 is 0 Å². The highest BCUT2D eigenvalue weighted by Crippen LogP contribution is 2.19. The van der Waals surface area contributed by atoms with Crippen molar-refractivity contribution < 1.29 is 14.6 Å². The summed E-state index contributed by atoms with van der Waals surface area (Å²) < 4.78 is 13.5. The fraction of sp³-hybridized carbons (Fsp3) is 0.455. The summed E-state index contributed by atoms with van der Waals surface area (Å²) in [5.41, 5.74) is 0.519. The van der Waals surface area contributed by atoms with Crippen molar-refractivity contribution in [2.75, 3.05) is 13.1 Å². The van der Waals surface area contributed by atoms with E-state index in [1.54, 1.807) is 12.1 Å². The van der Waals surface area contributed by atoms with Crippen LogP contribution >= 0.6 is 11.6 Å². The second kappa shape index (κ2) is 4.67. The minimum atomic E-state index is -0.740. The van der Waals surface area contributed by atoms with Crippen molar-refractivity contribution in [2.45, 2.75) is 18.8 Å². The van der Waals surface area contributed by atoms with Gasteiger partial charge in [0.2, 0.25) is 0 Å². The molecule has 0 bridgehead atoms. The van der Waals surface area contributed by atoms with E-state index in [0.29, 0.717) is 30.2 Å². The first-order valence-electron chi connectivity index (χ1n) is 5.08. The van der Waals surface area contributed by atoms with Crippen molar-refractivity contribution in [3.8, 4) is 0 Å². The summed E-state index contributed by atoms with van der Waals surface area (Å²) in [6.07, 6.45) is -1.48. The molecule has 2 N–H and O–H groups in total. The normalized spacial score (nSPS) is 26.2. The lowest BCUT2D eigenvalue weighted by molar-refractivity contribution is 0.0572. The zero-order valence-electron chi connectivity index (χ0n) is 8.61. The molecule has 5 heteroatoms. The Kier molecular flexibility index (Phi) is 3.44. The molecule has 3 nitrogen and oxygen atoms in total. The summed E-state index contributed by atoms with van der Waals surface area (Å²) in [4.78, 5) is 1.81. The van der Waals surface area contributed by atoms with Gasteiger partial charge in [-0.1, -0.05) is 17.7 Å². The van der Waals surface area contributed by atoms with Gasteiger partial charge in [-0.05, 0) is 12.1 Å². The number of likely N-dealkylation sites (tertiary alicyclic amines) is 1. The molecule has 1 aromatic rings. The third-order valence-electron chi connectivity index (χ3n) is 2.74. The molecule has 0 spiro atoms. The van der Waals surface area contributed by atoms with Gasteiger partial charge < -0.3 is 10.2 Å². The Balaban J connectivity index is 2.05. The van der Waals surface area contributed by atoms with E-state index in [9.17, 15) is 14.6 Å². The quantitative estimate of drug-likeness (QED) is 0.818. The molecule has 1 saturated heterocycles. The number of hydrogen-bond acceptors (Lipinski definition) is 3. The summed E-state index contributed by atoms with van der Waals surface area (Å²) in [6.45, 7) is 1.10. The molecule has 0 aromatic heterocycles. The van der Waals surface area contributed by atoms with E-state index in [1.807, 2.05) is 4.90 Å². The van der Waals surface area contributed by atoms with E-state index in [2.05, 4.69) is 0 Å². The first kappa shape index (κ1) is 11.8. The molecular formula is C11H13ClFNO2. The number of β-amino-alcohol motifs (C(OH)–C–C–N with tert-alkyl or cyclic N) is 2. The smallest absolute Gasteiger partial charge is 0.129 e. The predicted octanol–water partition coefficient (Wildman–Crippen LogP) is 1.02. The zero-order valence-corrected chi connectivity index (χ0v) is 9.36. The lowest BCUT2D eigenvalue weighted by Crippen LogP contribution is -2.22. The topological polar surface area (TPSA) is 43.7 Å². The molecule has 1 fully saturated rings. The molecule has 0 amide bonds. The van der Waals surface area contributed by atoms with Gasteiger partial charge in [0.25, 0.3) is 0 Å². The molecule has 2 unspecified atom stereocenters. The van der Waals surface area contributed by atoms with Crippen molar-refractivity contribution in [1.29, 1.82) is 0 Å². The largest absolute Gasteiger partial charge is 0.389 e. The lowest BCUT2D eigenvalue weighted by Gasteiger charge is -2.15. The Labute approximate surface area is 98.1 Å². The molecule has 88 valence electrons. The Morgan fingerprint density at radius 1 is 1.31 bits per heavy atom. The standard InChI is InChI=1S/C11H13ClFNO2/c12-8-2-1-7(9(13)3-8)4-14-5-10(15)11(16)6-14/h1-3,10-11,15-16H,4-6H2. The van der Waals surface area contributed by atoms with Crippen molar-refractivity contribution in [1.82, 2.24) is 4.90 Å². The number of benzene rings is 1. The number of hydrogen-bond donors (Lipinski definition) is 2. The highest BCUT2D eigenvalue weighted by Gasteiger charge is 2.29. The molecule has 1 aromatic carbocycles. The molecule has 0 radical (unpaired) electrons. The van der Waals surface area contributed by atoms with E-state index in [1.165, 1.54) is 6.07 Å². The van der Waals surface area contributed by atoms with Crippen LogP contribution in [0.1, 0.15) is 5.56 Å². The Bertz CT molecular complexity index is 378. The third kappa shape index (κ3) is 2.52. The molecule has 1 aliphatic rings. The second-order valence-electron chi connectivity index (χ2n) is 4.06. The monoisotopic (exact) mass is 245 g/mol. The van der Waals surface area contributed by atoms with Crippen molar-refractivity contribution in [2.24, 2.45) is 0 Å². The number of halogens is 2. The third-order valence-corrected chi connectivity index (χ3v) is 2.98. The van der Waals surface area contributed by atoms with Crippen LogP contribution in [0.15, 0.2) is 18.2 Å². The highest BCUT2D eigenvalue weighted by molar-refractivity contribution is 6.30. The van der Waals surface area contributed by atoms with Crippen molar-refractivity contribution in [3.63, 3.8) is 0 Å². The average Bonchev–Trinajstić information content (AvgIpc) is 2.51. The van der Waals surface area contributed by atoms with Gasteiger partial charge in [-0.25, -0.2) is 4.39 Å². The van der Waals surface area contributed by atoms with Gasteiger partial charge in [0.15, 0.2) is 0 Å². The molecule has 0 saturated carbocycles. The van der Waals surface area contributed by atoms with Crippen LogP contribution in [0.5, 0.6) is 0 Å². The summed E-state index contributed by atoms with van der Waals surface area (Å²) in [7, 11) is 0. The second-order valence-corrected chi connectivity index (χ2v) is 4.50. The van der Waals surface area contributed by atoms with E-state index >= 15 is 0 Å². The summed E-state index contributed by atoms with van der Waals surface area (Å²) in [6, 6.07) is 4.51. The van der Waals surface area contributed by atoms with E-state index in [4.69, 9.17) is 11.6 Å². The van der Waals surface area contributed by atoms with Crippen molar-refractivity contribution >= 4 is 11.6 Å². The molecule has 1 heterocycles. The van der Waals surface area contributed by atoms with Crippen LogP contribution in [0.3, 0.4) is 0 Å². The van der Waals surface area contributed by atoms with E-state index in [-0.39, 0.29) is 5.82 Å². The van der Waals surface area contributed by atoms with Gasteiger partial charge in [0.1, 0.15) is 5.82 Å². The fourth-order valence-electron chi connectivity index (χ4n) is 1.87. The van der Waals surface area contributed by atoms with E-state index < -0.39 is 12.2 Å². The highest BCUT2D eigenvalue weighted by atomic mass is 35.5. The zero-order chi connectivity index (χ0) is 11.7. The van der Waals surface area contributed by atoms with Gasteiger partial charge in [-0.3, -0.25) is 4.90 Å². The van der Waals surface area contributed by atoms with Crippen LogP contribution in [0.25, 0.3) is 0 Å². The van der Waals surface area contributed by atoms with Gasteiger partial charge in [-0.2, -0.15) is 0 Å². The number of rotatable bonds is 2. The van der Waals surface area contributed by atoms with Crippen molar-refractivity contribution in [3.05, 3.63) is 34.6 Å². The maximum atomic E-state index is 13.5. The molecular weight excluding hydrogens is 233 g/mol. The number of aliphatic hydroxyl groups excluding tert-OH is 2. The lowest BCUT2D eigenvalue weighted by atomic mass is 10.2. The Morgan fingerprint density at radius 3 is 2.50 bits per heavy atom. The Morgan fingerprint density at radius 2 is 1.94 bits per heavy atom. The van der Waals surface area contributed by atoms with Gasteiger partial charge >= 0.3 is 0 Å². The van der Waals surface area contributed by atoms with Crippen LogP contribution in [0.2, 0.25) is 5.02 Å². The molecule has 1 aliphatic heterocycles.